The predicted molar refractivity (Wildman–Crippen MR) is 470 cm³/mol. The molecular weight excluding hydrogens is 1710 g/mol. The topological polar surface area (TPSA) is 518 Å². The molecule has 6 aliphatic rings. The molecule has 0 bridgehead atoms. The van der Waals surface area contributed by atoms with Crippen LogP contribution in [0.4, 0.5) is 36.2 Å². The number of hydrogen-bond donors (Lipinski definition) is 12. The number of imidazole rings is 3. The molecule has 4 aliphatic heterocycles. The number of halogens is 1. The van der Waals surface area contributed by atoms with Crippen LogP contribution in [0.2, 0.25) is 0 Å². The number of ether oxygens (including phenoxy) is 7. The molecular formula is C91H92FN21O19. The Balaban J connectivity index is 0.000000145. The van der Waals surface area contributed by atoms with Crippen molar-refractivity contribution in [3.05, 3.63) is 258 Å². The molecule has 6 fully saturated rings. The van der Waals surface area contributed by atoms with E-state index in [0.29, 0.717) is 78.2 Å². The molecule has 6 aromatic carbocycles. The summed E-state index contributed by atoms with van der Waals surface area (Å²) in [6.45, 7) is 7.21. The van der Waals surface area contributed by atoms with E-state index >= 15 is 0 Å². The highest BCUT2D eigenvalue weighted by Gasteiger charge is 2.56. The molecule has 9 amide bonds. The number of aromatic nitrogens is 12. The van der Waals surface area contributed by atoms with Crippen LogP contribution in [0.25, 0.3) is 39.6 Å². The Morgan fingerprint density at radius 1 is 0.432 bits per heavy atom. The third-order valence-electron chi connectivity index (χ3n) is 23.1. The summed E-state index contributed by atoms with van der Waals surface area (Å²) in [5, 5.41) is 53.1. The van der Waals surface area contributed by atoms with Crippen LogP contribution >= 0.6 is 0 Å². The molecule has 12 unspecified atom stereocenters. The lowest BCUT2D eigenvalue weighted by molar-refractivity contribution is -0.146. The number of fused-ring (bicyclic) bond motifs is 6. The van der Waals surface area contributed by atoms with Crippen molar-refractivity contribution in [3.63, 3.8) is 0 Å². The molecule has 12 N–H and O–H groups in total. The van der Waals surface area contributed by atoms with Crippen LogP contribution in [-0.2, 0) is 50.8 Å². The second kappa shape index (κ2) is 41.2. The van der Waals surface area contributed by atoms with Crippen LogP contribution in [0.15, 0.2) is 202 Å². The zero-order valence-electron chi connectivity index (χ0n) is 71.2. The highest BCUT2D eigenvalue weighted by atomic mass is 19.1. The van der Waals surface area contributed by atoms with Crippen molar-refractivity contribution in [2.45, 2.75) is 133 Å². The predicted octanol–water partition coefficient (Wildman–Crippen LogP) is 9.42. The Morgan fingerprint density at radius 3 is 1.40 bits per heavy atom. The normalized spacial score (nSPS) is 22.5. The summed E-state index contributed by atoms with van der Waals surface area (Å²) < 4.78 is 64.7. The summed E-state index contributed by atoms with van der Waals surface area (Å²) in [6, 6.07) is 43.3. The molecule has 18 rings (SSSR count). The zero-order valence-corrected chi connectivity index (χ0v) is 71.2. The van der Waals surface area contributed by atoms with Crippen molar-refractivity contribution in [1.29, 1.82) is 0 Å². The van der Waals surface area contributed by atoms with E-state index in [2.05, 4.69) is 105 Å². The average Bonchev–Trinajstić information content (AvgIpc) is 1.60. The number of rotatable bonds is 28. The summed E-state index contributed by atoms with van der Waals surface area (Å²) in [5.41, 5.74) is 5.11. The molecule has 15 atom stereocenters. The van der Waals surface area contributed by atoms with Crippen molar-refractivity contribution in [1.82, 2.24) is 90.5 Å². The van der Waals surface area contributed by atoms with Crippen molar-refractivity contribution in [2.75, 3.05) is 55.2 Å². The van der Waals surface area contributed by atoms with Gasteiger partial charge in [-0.25, -0.2) is 78.0 Å². The number of carbonyl (C=O) groups excluding carboxylic acids is 6. The minimum absolute atomic E-state index is 0.0148. The fourth-order valence-corrected chi connectivity index (χ4v) is 17.1. The molecule has 0 radical (unpaired) electrons. The first-order valence-corrected chi connectivity index (χ1v) is 42.7. The van der Waals surface area contributed by atoms with Gasteiger partial charge in [0.25, 0.3) is 11.8 Å². The minimum atomic E-state index is -1.31. The quantitative estimate of drug-likeness (QED) is 0.0217. The highest BCUT2D eigenvalue weighted by molar-refractivity contribution is 6.06. The van der Waals surface area contributed by atoms with Gasteiger partial charge in [-0.3, -0.25) is 34.9 Å². The van der Waals surface area contributed by atoms with Gasteiger partial charge in [0.05, 0.1) is 77.5 Å². The monoisotopic (exact) mass is 1800 g/mol. The summed E-state index contributed by atoms with van der Waals surface area (Å²) in [5.74, 6) is -5.57. The summed E-state index contributed by atoms with van der Waals surface area (Å²) >= 11 is 0. The van der Waals surface area contributed by atoms with Gasteiger partial charge in [-0.15, -0.1) is 0 Å². The Morgan fingerprint density at radius 2 is 0.871 bits per heavy atom. The van der Waals surface area contributed by atoms with Crippen molar-refractivity contribution >= 4 is 111 Å². The maximum Gasteiger partial charge on any atom is 0.336 e. The molecule has 12 aromatic rings. The third-order valence-corrected chi connectivity index (χ3v) is 23.1. The number of nitrogens with one attached hydrogen (secondary N) is 9. The van der Waals surface area contributed by atoms with Gasteiger partial charge < -0.3 is 89.5 Å². The van der Waals surface area contributed by atoms with Crippen molar-refractivity contribution in [2.24, 2.45) is 11.8 Å². The zero-order chi connectivity index (χ0) is 92.1. The van der Waals surface area contributed by atoms with Gasteiger partial charge >= 0.3 is 36.0 Å². The highest BCUT2D eigenvalue weighted by Crippen LogP contribution is 2.49. The molecule has 4 saturated heterocycles. The van der Waals surface area contributed by atoms with Gasteiger partial charge in [-0.05, 0) is 93.6 Å². The first kappa shape index (κ1) is 90.3. The Bertz CT molecular complexity index is 6250. The van der Waals surface area contributed by atoms with Gasteiger partial charge in [0.15, 0.2) is 76.0 Å². The van der Waals surface area contributed by atoms with E-state index in [0.717, 1.165) is 23.6 Å². The molecule has 41 heteroatoms. The smallest absolute Gasteiger partial charge is 0.336 e. The van der Waals surface area contributed by atoms with Crippen molar-refractivity contribution < 1.29 is 96.0 Å². The number of urea groups is 3. The van der Waals surface area contributed by atoms with E-state index in [1.54, 1.807) is 55.3 Å². The van der Waals surface area contributed by atoms with E-state index < -0.39 is 122 Å². The standard InChI is InChI=1S/C32H32FN7O6.C31H33N7O6.C28H27N7O7/c1-2-34-32(44)39-29-26-30(37-16-36-29)40(17-38-26)23-13-19(15-35-24(41)14-21-20(31(42)43)9-6-10-22(21)33)27-28(23)46-25(45-27)12-11-18-7-4-3-5-8-18;1-2-32-31(42)37-27-24-28(35-16-34-27)38(17-36-24)22-14-19(15-33-29(39)20-10-6-7-11-21(20)30(40)41)25-26(22)44-23(43-25)13-12-18-8-4-3-5-9-18;1-2-29-28(39)34-22-19-23(32-13-31-22)35(14-33-19)25-21-20(41-27(42-21)15-8-4-3-5-9-15)18(40-25)12-30-24(36)16-10-6-7-11-17(16)26(37)38/h3-12,16-17,19,23,25,27-28H,2,13-15H2,1H3,(H,35,41)(H,42,43)(H2,34,36,37,39,44);3-11,16-17,19,22-23,25-26H,2,12-15H2,1H3,(H,33,39)(H,40,41)(H2,32,34,35,37,42);3-11,13-14,18,20-21,25,27H,2,12H2,1H3,(H,30,36)(H,37,38)(H2,29,31,32,34,39)/b12-11+;;/t19?,23?,25-,27?,28?;19?,22?,23-,25?,26?;18?,20?,21?,25?,27-/m000/s1. The van der Waals surface area contributed by atoms with Crippen molar-refractivity contribution in [3.8, 4) is 0 Å². The fourth-order valence-electron chi connectivity index (χ4n) is 17.1. The number of amides is 9. The van der Waals surface area contributed by atoms with Gasteiger partial charge in [0.2, 0.25) is 5.91 Å². The first-order valence-electron chi connectivity index (χ1n) is 42.7. The maximum atomic E-state index is 14.5. The molecule has 40 nitrogen and oxygen atoms in total. The number of carboxylic acids is 3. The number of hydrogen-bond acceptors (Lipinski definition) is 25. The van der Waals surface area contributed by atoms with E-state index in [1.165, 1.54) is 67.3 Å². The van der Waals surface area contributed by atoms with Gasteiger partial charge in [-0.2, -0.15) is 0 Å². The molecule has 10 heterocycles. The lowest BCUT2D eigenvalue weighted by Gasteiger charge is -2.22. The van der Waals surface area contributed by atoms with Gasteiger partial charge in [0.1, 0.15) is 55.3 Å². The number of benzene rings is 6. The number of carbonyl (C=O) groups is 9. The van der Waals surface area contributed by atoms with Crippen LogP contribution in [0.3, 0.4) is 0 Å². The van der Waals surface area contributed by atoms with Gasteiger partial charge in [0, 0.05) is 68.7 Å². The number of nitrogens with zero attached hydrogens (tertiary/aromatic N) is 12. The number of aromatic carboxylic acids is 3. The minimum Gasteiger partial charge on any atom is -0.478 e. The maximum absolute atomic E-state index is 14.5. The van der Waals surface area contributed by atoms with E-state index in [9.17, 15) is 62.9 Å². The summed E-state index contributed by atoms with van der Waals surface area (Å²) in [7, 11) is 0. The first-order chi connectivity index (χ1) is 64.2. The number of carboxylic acid groups (broad SMARTS) is 3. The van der Waals surface area contributed by atoms with Crippen LogP contribution in [0, 0.1) is 17.7 Å². The third kappa shape index (κ3) is 20.2. The largest absolute Gasteiger partial charge is 0.478 e. The molecule has 132 heavy (non-hydrogen) atoms. The second-order valence-electron chi connectivity index (χ2n) is 31.4. The van der Waals surface area contributed by atoms with E-state index in [4.69, 9.17) is 33.2 Å². The van der Waals surface area contributed by atoms with E-state index in [1.807, 2.05) is 107 Å². The molecule has 6 aromatic heterocycles. The Kier molecular flexibility index (Phi) is 28.2. The average molecular weight is 1800 g/mol. The van der Waals surface area contributed by atoms with Crippen LogP contribution in [0.5, 0.6) is 0 Å². The Hall–Kier alpha value is -15.0. The van der Waals surface area contributed by atoms with Crippen LogP contribution in [0.1, 0.15) is 139 Å². The lowest BCUT2D eigenvalue weighted by Crippen LogP contribution is -2.39. The molecule has 0 spiro atoms. The number of anilines is 3. The lowest BCUT2D eigenvalue weighted by atomic mass is 10.0. The molecule has 682 valence electrons. The second-order valence-corrected chi connectivity index (χ2v) is 31.4. The fraction of sp³-hybridized carbons (Fsp3) is 0.319. The summed E-state index contributed by atoms with van der Waals surface area (Å²) in [4.78, 5) is 150. The van der Waals surface area contributed by atoms with Gasteiger partial charge in [-0.1, -0.05) is 127 Å². The summed E-state index contributed by atoms with van der Waals surface area (Å²) in [6.07, 6.45) is 8.70. The SMILES string of the molecule is CCNC(=O)Nc1ncnc2c1ncn2C1CC(CNC(=O)Cc2c(F)cccc2C(=O)O)C2O[C@H](/C=C/c3ccccc3)OC21.CCNC(=O)Nc1ncnc2c1ncn2C1CC(CNC(=O)c2ccccc2C(=O)O)C2O[C@H](CCc3ccccc3)OC21.CCNC(=O)Nc1ncnc2c1ncn2C1OC(CNC(=O)c2ccccc2C(=O)O)C2O[C@H](c3ccccc3)OC21. The van der Waals surface area contributed by atoms with E-state index in [-0.39, 0.29) is 101 Å². The number of aryl methyl sites for hydroxylation is 1. The molecule has 2 aliphatic carbocycles. The Labute approximate surface area is 751 Å². The van der Waals surface area contributed by atoms with Crippen LogP contribution in [-0.4, -0.2) is 222 Å². The molecule has 2 saturated carbocycles. The van der Waals surface area contributed by atoms with Crippen LogP contribution < -0.4 is 47.9 Å².